The quantitative estimate of drug-likeness (QED) is 0.407. The first kappa shape index (κ1) is 30.3. The van der Waals surface area contributed by atoms with Gasteiger partial charge in [-0.05, 0) is 87.8 Å². The average Bonchev–Trinajstić information content (AvgIpc) is 3.61. The summed E-state index contributed by atoms with van der Waals surface area (Å²) in [5.41, 5.74) is -2.40. The molecule has 4 fully saturated rings. The molecule has 0 unspecified atom stereocenters. The molecule has 10 heteroatoms. The summed E-state index contributed by atoms with van der Waals surface area (Å²) in [4.78, 5) is 31.8. The second-order valence-electron chi connectivity index (χ2n) is 12.8. The van der Waals surface area contributed by atoms with Gasteiger partial charge in [0, 0.05) is 49.5 Å². The summed E-state index contributed by atoms with van der Waals surface area (Å²) in [6, 6.07) is 13.1. The first-order valence-corrected chi connectivity index (χ1v) is 15.9. The highest BCUT2D eigenvalue weighted by Crippen LogP contribution is 2.42. The number of nitrogens with zero attached hydrogens (tertiary/aromatic N) is 3. The number of hydrogen-bond acceptors (Lipinski definition) is 4. The Balaban J connectivity index is 0.996. The van der Waals surface area contributed by atoms with Gasteiger partial charge in [-0.2, -0.15) is 13.2 Å². The molecule has 0 aromatic heterocycles. The Labute approximate surface area is 255 Å². The number of amides is 2. The second kappa shape index (κ2) is 12.0. The van der Waals surface area contributed by atoms with E-state index in [4.69, 9.17) is 11.6 Å². The molecule has 4 saturated heterocycles. The monoisotopic (exact) mass is 617 g/mol. The highest BCUT2D eigenvalue weighted by Gasteiger charge is 2.62. The molecule has 1 N–H and O–H groups in total. The summed E-state index contributed by atoms with van der Waals surface area (Å²) in [5, 5.41) is 11.2. The van der Waals surface area contributed by atoms with E-state index in [0.717, 1.165) is 75.9 Å². The third kappa shape index (κ3) is 5.75. The van der Waals surface area contributed by atoms with E-state index in [1.165, 1.54) is 17.0 Å². The molecule has 2 aromatic carbocycles. The van der Waals surface area contributed by atoms with Crippen molar-refractivity contribution in [3.8, 4) is 0 Å². The Morgan fingerprint density at radius 1 is 0.814 bits per heavy atom. The van der Waals surface area contributed by atoms with Crippen molar-refractivity contribution in [3.63, 3.8) is 0 Å². The molecule has 0 radical (unpaired) electrons. The van der Waals surface area contributed by atoms with Crippen LogP contribution >= 0.6 is 11.6 Å². The fourth-order valence-electron chi connectivity index (χ4n) is 7.84. The lowest BCUT2D eigenvalue weighted by Crippen LogP contribution is -2.57. The van der Waals surface area contributed by atoms with Gasteiger partial charge in [-0.3, -0.25) is 9.59 Å². The lowest BCUT2D eigenvalue weighted by Gasteiger charge is -2.40. The minimum absolute atomic E-state index is 0.0520. The van der Waals surface area contributed by atoms with Crippen molar-refractivity contribution in [1.29, 1.82) is 0 Å². The number of benzene rings is 2. The minimum atomic E-state index is -5.12. The summed E-state index contributed by atoms with van der Waals surface area (Å²) < 4.78 is 41.9. The molecule has 4 heterocycles. The van der Waals surface area contributed by atoms with Crippen LogP contribution < -0.4 is 4.90 Å². The maximum Gasteiger partial charge on any atom is 0.430 e. The van der Waals surface area contributed by atoms with Gasteiger partial charge in [0.2, 0.25) is 0 Å². The molecule has 4 aliphatic rings. The van der Waals surface area contributed by atoms with E-state index in [9.17, 15) is 27.9 Å². The van der Waals surface area contributed by atoms with Crippen molar-refractivity contribution in [1.82, 2.24) is 9.80 Å². The van der Waals surface area contributed by atoms with Crippen LogP contribution in [0.5, 0.6) is 0 Å². The van der Waals surface area contributed by atoms with Gasteiger partial charge in [-0.1, -0.05) is 41.9 Å². The second-order valence-corrected chi connectivity index (χ2v) is 13.2. The van der Waals surface area contributed by atoms with E-state index >= 15 is 0 Å². The number of alkyl halides is 3. The Hall–Kier alpha value is -2.78. The number of anilines is 1. The van der Waals surface area contributed by atoms with Gasteiger partial charge < -0.3 is 19.8 Å². The molecule has 232 valence electrons. The number of carbonyl (C=O) groups excluding carboxylic acids is 2. The SMILES string of the molecule is O=C(c1ccc(N2CCC(CC3CCN(C(=O)[C@](O)(c4ccccc4)C(F)(F)F)CC3)CC2)cc1Cl)N1C2CCC1CC2. The summed E-state index contributed by atoms with van der Waals surface area (Å²) in [5.74, 6) is -0.410. The van der Waals surface area contributed by atoms with Gasteiger partial charge in [-0.25, -0.2) is 0 Å². The average molecular weight is 618 g/mol. The summed E-state index contributed by atoms with van der Waals surface area (Å²) >= 11 is 6.64. The van der Waals surface area contributed by atoms with Crippen LogP contribution in [0.25, 0.3) is 0 Å². The van der Waals surface area contributed by atoms with E-state index in [1.807, 2.05) is 23.1 Å². The van der Waals surface area contributed by atoms with E-state index in [2.05, 4.69) is 4.90 Å². The highest BCUT2D eigenvalue weighted by atomic mass is 35.5. The van der Waals surface area contributed by atoms with Gasteiger partial charge in [0.1, 0.15) is 0 Å². The molecule has 2 aromatic rings. The van der Waals surface area contributed by atoms with Gasteiger partial charge >= 0.3 is 6.18 Å². The predicted molar refractivity (Wildman–Crippen MR) is 159 cm³/mol. The molecule has 0 spiro atoms. The minimum Gasteiger partial charge on any atom is -0.371 e. The number of likely N-dealkylation sites (tertiary alicyclic amines) is 1. The normalized spacial score (nSPS) is 24.8. The van der Waals surface area contributed by atoms with Crippen molar-refractivity contribution in [2.24, 2.45) is 11.8 Å². The fourth-order valence-corrected chi connectivity index (χ4v) is 8.10. The van der Waals surface area contributed by atoms with Crippen LogP contribution in [0.1, 0.15) is 73.7 Å². The van der Waals surface area contributed by atoms with Crippen molar-refractivity contribution in [3.05, 3.63) is 64.7 Å². The molecule has 0 aliphatic carbocycles. The molecule has 6 rings (SSSR count). The smallest absolute Gasteiger partial charge is 0.371 e. The standard InChI is InChI=1S/C33H39ClF3N3O3/c34-29-21-27(10-11-28(29)30(41)40-25-6-7-26(40)9-8-25)38-16-12-22(13-17-38)20-23-14-18-39(19-15-23)31(42)32(43,33(35,36)37)24-4-2-1-3-5-24/h1-5,10-11,21-23,25-26,43H,6-9,12-20H2/t25?,26?,32-/m1/s1. The van der Waals surface area contributed by atoms with E-state index in [-0.39, 0.29) is 19.0 Å². The summed E-state index contributed by atoms with van der Waals surface area (Å²) in [6.45, 7) is 2.15. The Kier molecular flexibility index (Phi) is 8.41. The Morgan fingerprint density at radius 3 is 1.91 bits per heavy atom. The molecule has 4 aliphatic heterocycles. The van der Waals surface area contributed by atoms with Crippen LogP contribution in [0.2, 0.25) is 5.02 Å². The highest BCUT2D eigenvalue weighted by molar-refractivity contribution is 6.34. The van der Waals surface area contributed by atoms with E-state index < -0.39 is 23.2 Å². The van der Waals surface area contributed by atoms with Gasteiger partial charge in [-0.15, -0.1) is 0 Å². The third-order valence-electron chi connectivity index (χ3n) is 10.3. The molecular formula is C33H39ClF3N3O3. The topological polar surface area (TPSA) is 64.1 Å². The maximum absolute atomic E-state index is 14.0. The van der Waals surface area contributed by atoms with Crippen molar-refractivity contribution in [2.45, 2.75) is 81.6 Å². The molecule has 2 bridgehead atoms. The van der Waals surface area contributed by atoms with Gasteiger partial charge in [0.25, 0.3) is 17.4 Å². The maximum atomic E-state index is 14.0. The van der Waals surface area contributed by atoms with Crippen LogP contribution in [0, 0.1) is 11.8 Å². The number of fused-ring (bicyclic) bond motifs is 2. The van der Waals surface area contributed by atoms with E-state index in [0.29, 0.717) is 47.3 Å². The zero-order chi connectivity index (χ0) is 30.4. The van der Waals surface area contributed by atoms with Crippen molar-refractivity contribution >= 4 is 29.1 Å². The first-order valence-electron chi connectivity index (χ1n) is 15.6. The molecule has 43 heavy (non-hydrogen) atoms. The van der Waals surface area contributed by atoms with Crippen LogP contribution in [0.3, 0.4) is 0 Å². The zero-order valence-corrected chi connectivity index (χ0v) is 25.0. The van der Waals surface area contributed by atoms with E-state index in [1.54, 1.807) is 6.07 Å². The van der Waals surface area contributed by atoms with Gasteiger partial charge in [0.05, 0.1) is 10.6 Å². The Morgan fingerprint density at radius 2 is 1.37 bits per heavy atom. The zero-order valence-electron chi connectivity index (χ0n) is 24.2. The lowest BCUT2D eigenvalue weighted by atomic mass is 9.82. The molecule has 2 amide bonds. The van der Waals surface area contributed by atoms with Crippen LogP contribution in [0.15, 0.2) is 48.5 Å². The molecule has 0 saturated carbocycles. The van der Waals surface area contributed by atoms with Crippen LogP contribution in [0.4, 0.5) is 18.9 Å². The molecule has 1 atom stereocenters. The summed E-state index contributed by atoms with van der Waals surface area (Å²) in [7, 11) is 0. The molecule has 6 nitrogen and oxygen atoms in total. The molecular weight excluding hydrogens is 579 g/mol. The third-order valence-corrected chi connectivity index (χ3v) is 10.6. The van der Waals surface area contributed by atoms with Gasteiger partial charge in [0.15, 0.2) is 0 Å². The van der Waals surface area contributed by atoms with Crippen LogP contribution in [-0.4, -0.2) is 71.2 Å². The van der Waals surface area contributed by atoms with Crippen LogP contribution in [-0.2, 0) is 10.4 Å². The Bertz CT molecular complexity index is 1310. The summed E-state index contributed by atoms with van der Waals surface area (Å²) in [6.07, 6.45) is 3.46. The fraction of sp³-hybridized carbons (Fsp3) is 0.576. The number of rotatable bonds is 6. The first-order chi connectivity index (χ1) is 20.6. The van der Waals surface area contributed by atoms with Crippen molar-refractivity contribution in [2.75, 3.05) is 31.1 Å². The number of halogens is 4. The largest absolute Gasteiger partial charge is 0.430 e. The lowest BCUT2D eigenvalue weighted by molar-refractivity contribution is -0.262. The predicted octanol–water partition coefficient (Wildman–Crippen LogP) is 6.40. The number of carbonyl (C=O) groups is 2. The number of piperidine rings is 2. The number of aliphatic hydroxyl groups is 1. The van der Waals surface area contributed by atoms with Crippen molar-refractivity contribution < 1.29 is 27.9 Å². The number of hydrogen-bond donors (Lipinski definition) is 1.